The van der Waals surface area contributed by atoms with E-state index in [0.717, 1.165) is 19.3 Å². The minimum absolute atomic E-state index is 0.319. The molecule has 1 atom stereocenters. The SMILES string of the molecule is CCCCN(CCC[Si](OCC)(OCC)OCC)[C@@](CCCC)(CC(=O)O)C(=O)O. The molecule has 0 bridgehead atoms. The van der Waals surface area contributed by atoms with Crippen LogP contribution in [-0.4, -0.2) is 74.3 Å². The summed E-state index contributed by atoms with van der Waals surface area (Å²) in [5.74, 6) is -2.14. The molecule has 0 saturated heterocycles. The third kappa shape index (κ3) is 9.43. The van der Waals surface area contributed by atoms with Crippen LogP contribution in [0, 0.1) is 0 Å². The molecule has 178 valence electrons. The molecule has 8 nitrogen and oxygen atoms in total. The van der Waals surface area contributed by atoms with Gasteiger partial charge >= 0.3 is 20.7 Å². The lowest BCUT2D eigenvalue weighted by Crippen LogP contribution is -2.57. The highest BCUT2D eigenvalue weighted by Gasteiger charge is 2.46. The van der Waals surface area contributed by atoms with E-state index >= 15 is 0 Å². The van der Waals surface area contributed by atoms with Crippen LogP contribution in [0.4, 0.5) is 0 Å². The second-order valence-electron chi connectivity index (χ2n) is 7.44. The summed E-state index contributed by atoms with van der Waals surface area (Å²) >= 11 is 0. The van der Waals surface area contributed by atoms with Crippen LogP contribution < -0.4 is 0 Å². The predicted octanol–water partition coefficient (Wildman–Crippen LogP) is 4.02. The Hall–Kier alpha value is -1.00. The van der Waals surface area contributed by atoms with E-state index in [2.05, 4.69) is 0 Å². The Labute approximate surface area is 183 Å². The molecule has 0 aliphatic carbocycles. The van der Waals surface area contributed by atoms with Crippen molar-refractivity contribution in [2.45, 2.75) is 91.1 Å². The van der Waals surface area contributed by atoms with Crippen molar-refractivity contribution >= 4 is 20.7 Å². The lowest BCUT2D eigenvalue weighted by molar-refractivity contribution is -0.159. The van der Waals surface area contributed by atoms with Crippen molar-refractivity contribution in [1.29, 1.82) is 0 Å². The average molecular weight is 450 g/mol. The predicted molar refractivity (Wildman–Crippen MR) is 119 cm³/mol. The Morgan fingerprint density at radius 2 is 1.33 bits per heavy atom. The summed E-state index contributed by atoms with van der Waals surface area (Å²) in [4.78, 5) is 25.8. The first-order valence-electron chi connectivity index (χ1n) is 11.4. The van der Waals surface area contributed by atoms with E-state index in [4.69, 9.17) is 13.3 Å². The Bertz CT molecular complexity index is 475. The highest BCUT2D eigenvalue weighted by Crippen LogP contribution is 2.29. The van der Waals surface area contributed by atoms with E-state index in [1.165, 1.54) is 0 Å². The van der Waals surface area contributed by atoms with Crippen molar-refractivity contribution in [1.82, 2.24) is 4.90 Å². The fourth-order valence-corrected chi connectivity index (χ4v) is 6.37. The average Bonchev–Trinajstić information content (AvgIpc) is 2.68. The van der Waals surface area contributed by atoms with Gasteiger partial charge in [-0.2, -0.15) is 0 Å². The van der Waals surface area contributed by atoms with Crippen LogP contribution in [0.2, 0.25) is 6.04 Å². The minimum Gasteiger partial charge on any atom is -0.481 e. The number of hydrogen-bond donors (Lipinski definition) is 2. The summed E-state index contributed by atoms with van der Waals surface area (Å²) in [5.41, 5.74) is -1.40. The highest BCUT2D eigenvalue weighted by molar-refractivity contribution is 6.60. The molecule has 0 spiro atoms. The van der Waals surface area contributed by atoms with Crippen LogP contribution in [0.1, 0.15) is 79.6 Å². The van der Waals surface area contributed by atoms with Crippen molar-refractivity contribution in [3.63, 3.8) is 0 Å². The largest absolute Gasteiger partial charge is 0.500 e. The van der Waals surface area contributed by atoms with E-state index in [1.54, 1.807) is 0 Å². The third-order valence-electron chi connectivity index (χ3n) is 5.18. The second kappa shape index (κ2) is 15.7. The first kappa shape index (κ1) is 29.0. The van der Waals surface area contributed by atoms with Crippen molar-refractivity contribution in [2.75, 3.05) is 32.9 Å². The molecule has 0 amide bonds. The number of carbonyl (C=O) groups is 2. The van der Waals surface area contributed by atoms with Gasteiger partial charge in [0.15, 0.2) is 0 Å². The van der Waals surface area contributed by atoms with Crippen LogP contribution in [0.15, 0.2) is 0 Å². The summed E-state index contributed by atoms with van der Waals surface area (Å²) in [5, 5.41) is 19.6. The number of rotatable bonds is 20. The molecule has 0 heterocycles. The number of aliphatic carboxylic acids is 2. The molecule has 0 aliphatic rings. The molecular formula is C21H43NO7Si. The highest BCUT2D eigenvalue weighted by atomic mass is 28.4. The van der Waals surface area contributed by atoms with Crippen LogP contribution >= 0.6 is 0 Å². The smallest absolute Gasteiger partial charge is 0.481 e. The number of nitrogens with zero attached hydrogens (tertiary/aromatic N) is 1. The van der Waals surface area contributed by atoms with E-state index < -0.39 is 32.7 Å². The van der Waals surface area contributed by atoms with Gasteiger partial charge in [-0.3, -0.25) is 14.5 Å². The van der Waals surface area contributed by atoms with Gasteiger partial charge in [0.05, 0.1) is 6.42 Å². The maximum Gasteiger partial charge on any atom is 0.500 e. The van der Waals surface area contributed by atoms with Crippen LogP contribution in [0.25, 0.3) is 0 Å². The van der Waals surface area contributed by atoms with Gasteiger partial charge in [-0.25, -0.2) is 0 Å². The molecule has 2 N–H and O–H groups in total. The first-order chi connectivity index (χ1) is 14.3. The molecule has 0 aromatic heterocycles. The van der Waals surface area contributed by atoms with Crippen molar-refractivity contribution in [3.05, 3.63) is 0 Å². The van der Waals surface area contributed by atoms with Crippen LogP contribution in [-0.2, 0) is 22.9 Å². The topological polar surface area (TPSA) is 106 Å². The molecule has 0 rings (SSSR count). The second-order valence-corrected chi connectivity index (χ2v) is 10.2. The number of hydrogen-bond acceptors (Lipinski definition) is 6. The Morgan fingerprint density at radius 3 is 1.73 bits per heavy atom. The summed E-state index contributed by atoms with van der Waals surface area (Å²) in [6.45, 7) is 12.2. The summed E-state index contributed by atoms with van der Waals surface area (Å²) in [6.07, 6.45) is 3.73. The molecule has 30 heavy (non-hydrogen) atoms. The Kier molecular flexibility index (Phi) is 15.2. The van der Waals surface area contributed by atoms with Gasteiger partial charge in [0.25, 0.3) is 0 Å². The quantitative estimate of drug-likeness (QED) is 0.269. The number of carboxylic acids is 2. The molecule has 0 radical (unpaired) electrons. The normalized spacial score (nSPS) is 14.1. The summed E-state index contributed by atoms with van der Waals surface area (Å²) in [6, 6.07) is 0.571. The lowest BCUT2D eigenvalue weighted by atomic mass is 9.86. The Morgan fingerprint density at radius 1 is 0.833 bits per heavy atom. The standard InChI is InChI=1S/C21H43NO7Si/c1-6-11-14-21(20(25)26,18-19(23)24)22(15-12-7-2)16-13-17-30(27-8-3,28-9-4)29-10-5/h6-18H2,1-5H3,(H,23,24)(H,25,26)/t21-/m0/s1. The lowest BCUT2D eigenvalue weighted by Gasteiger charge is -2.40. The van der Waals surface area contributed by atoms with E-state index in [9.17, 15) is 19.8 Å². The van der Waals surface area contributed by atoms with Gasteiger partial charge in [0.1, 0.15) is 5.54 Å². The van der Waals surface area contributed by atoms with Gasteiger partial charge in [-0.05, 0) is 53.1 Å². The van der Waals surface area contributed by atoms with Gasteiger partial charge in [0, 0.05) is 25.9 Å². The number of unbranched alkanes of at least 4 members (excludes halogenated alkanes) is 2. The zero-order valence-corrected chi connectivity index (χ0v) is 20.6. The molecule has 0 saturated carbocycles. The Balaban J connectivity index is 5.64. The summed E-state index contributed by atoms with van der Waals surface area (Å²) < 4.78 is 17.7. The van der Waals surface area contributed by atoms with Gasteiger partial charge in [-0.1, -0.05) is 33.1 Å². The van der Waals surface area contributed by atoms with Crippen LogP contribution in [0.5, 0.6) is 0 Å². The van der Waals surface area contributed by atoms with E-state index in [-0.39, 0.29) is 0 Å². The fraction of sp³-hybridized carbons (Fsp3) is 0.905. The molecule has 9 heteroatoms. The molecule has 0 aromatic rings. The maximum absolute atomic E-state index is 12.4. The molecule has 0 aromatic carbocycles. The van der Waals surface area contributed by atoms with Crippen molar-refractivity contribution in [3.8, 4) is 0 Å². The molecular weight excluding hydrogens is 406 g/mol. The monoisotopic (exact) mass is 449 g/mol. The fourth-order valence-electron chi connectivity index (χ4n) is 3.77. The van der Waals surface area contributed by atoms with Gasteiger partial charge < -0.3 is 23.5 Å². The first-order valence-corrected chi connectivity index (χ1v) is 13.3. The van der Waals surface area contributed by atoms with E-state index in [0.29, 0.717) is 58.2 Å². The van der Waals surface area contributed by atoms with Gasteiger partial charge in [-0.15, -0.1) is 0 Å². The summed E-state index contributed by atoms with van der Waals surface area (Å²) in [7, 11) is -2.83. The molecule has 0 fully saturated rings. The zero-order valence-electron chi connectivity index (χ0n) is 19.6. The molecule has 0 unspecified atom stereocenters. The zero-order chi connectivity index (χ0) is 23.0. The minimum atomic E-state index is -2.83. The van der Waals surface area contributed by atoms with Crippen LogP contribution in [0.3, 0.4) is 0 Å². The van der Waals surface area contributed by atoms with Gasteiger partial charge in [0.2, 0.25) is 0 Å². The number of carboxylic acid groups (broad SMARTS) is 2. The van der Waals surface area contributed by atoms with Crippen molar-refractivity contribution < 1.29 is 33.1 Å². The molecule has 0 aliphatic heterocycles. The van der Waals surface area contributed by atoms with E-state index in [1.807, 2.05) is 39.5 Å². The van der Waals surface area contributed by atoms with Crippen molar-refractivity contribution in [2.24, 2.45) is 0 Å². The maximum atomic E-state index is 12.4. The third-order valence-corrected chi connectivity index (χ3v) is 8.33.